The Labute approximate surface area is 177 Å². The lowest BCUT2D eigenvalue weighted by Gasteiger charge is -2.23. The highest BCUT2D eigenvalue weighted by Gasteiger charge is 2.48. The van der Waals surface area contributed by atoms with Gasteiger partial charge >= 0.3 is 0 Å². The molecule has 0 aliphatic carbocycles. The fourth-order valence-electron chi connectivity index (χ4n) is 3.59. The van der Waals surface area contributed by atoms with Gasteiger partial charge in [-0.15, -0.1) is 0 Å². The van der Waals surface area contributed by atoms with E-state index in [0.29, 0.717) is 27.8 Å². The van der Waals surface area contributed by atoms with Gasteiger partial charge in [0.15, 0.2) is 0 Å². The van der Waals surface area contributed by atoms with Gasteiger partial charge in [0.05, 0.1) is 24.5 Å². The summed E-state index contributed by atoms with van der Waals surface area (Å²) in [7, 11) is 1.47. The number of ketones is 1. The summed E-state index contributed by atoms with van der Waals surface area (Å²) >= 11 is 6.11. The number of ether oxygens (including phenoxy) is 1. The van der Waals surface area contributed by atoms with Crippen molar-refractivity contribution in [2.45, 2.75) is 13.0 Å². The van der Waals surface area contributed by atoms with Gasteiger partial charge in [-0.1, -0.05) is 29.3 Å². The zero-order valence-corrected chi connectivity index (χ0v) is 17.0. The molecule has 1 N–H and O–H groups in total. The maximum absolute atomic E-state index is 13.1. The third kappa shape index (κ3) is 3.25. The molecule has 6 nitrogen and oxygen atoms in total. The van der Waals surface area contributed by atoms with Crippen molar-refractivity contribution in [1.82, 2.24) is 0 Å². The minimum absolute atomic E-state index is 0.0844. The molecule has 1 saturated heterocycles. The molecule has 1 atom stereocenters. The molecule has 30 heavy (non-hydrogen) atoms. The maximum Gasteiger partial charge on any atom is 0.300 e. The van der Waals surface area contributed by atoms with Gasteiger partial charge in [0.25, 0.3) is 11.7 Å². The molecule has 1 aromatic heterocycles. The minimum atomic E-state index is -0.955. The van der Waals surface area contributed by atoms with Crippen molar-refractivity contribution in [2.75, 3.05) is 12.0 Å². The molecule has 0 spiro atoms. The largest absolute Gasteiger partial charge is 0.507 e. The Morgan fingerprint density at radius 2 is 1.93 bits per heavy atom. The van der Waals surface area contributed by atoms with Crippen molar-refractivity contribution in [3.05, 3.63) is 88.3 Å². The molecule has 2 heterocycles. The van der Waals surface area contributed by atoms with E-state index in [2.05, 4.69) is 0 Å². The number of aryl methyl sites for hydroxylation is 1. The van der Waals surface area contributed by atoms with Crippen LogP contribution in [-0.2, 0) is 9.59 Å². The van der Waals surface area contributed by atoms with Crippen molar-refractivity contribution >= 4 is 34.7 Å². The number of carbonyl (C=O) groups is 2. The molecule has 4 rings (SSSR count). The molecule has 1 unspecified atom stereocenters. The van der Waals surface area contributed by atoms with Crippen molar-refractivity contribution in [2.24, 2.45) is 0 Å². The SMILES string of the molecule is COc1ccc(C)cc1/C(O)=C1/C(=O)C(=O)N(c2cccc(Cl)c2)C1c1ccco1. The summed E-state index contributed by atoms with van der Waals surface area (Å²) in [4.78, 5) is 27.3. The third-order valence-corrected chi connectivity index (χ3v) is 5.19. The van der Waals surface area contributed by atoms with Gasteiger partial charge in [-0.2, -0.15) is 0 Å². The number of methoxy groups -OCH3 is 1. The Morgan fingerprint density at radius 3 is 2.60 bits per heavy atom. The fraction of sp³-hybridized carbons (Fsp3) is 0.130. The van der Waals surface area contributed by atoms with Gasteiger partial charge < -0.3 is 14.3 Å². The van der Waals surface area contributed by atoms with Crippen LogP contribution in [0.3, 0.4) is 0 Å². The smallest absolute Gasteiger partial charge is 0.300 e. The molecule has 0 saturated carbocycles. The molecular formula is C23H18ClNO5. The summed E-state index contributed by atoms with van der Waals surface area (Å²) in [6.45, 7) is 1.85. The third-order valence-electron chi connectivity index (χ3n) is 4.95. The number of aliphatic hydroxyl groups is 1. The van der Waals surface area contributed by atoms with Gasteiger partial charge in [-0.25, -0.2) is 0 Å². The van der Waals surface area contributed by atoms with Crippen LogP contribution in [0.25, 0.3) is 5.76 Å². The van der Waals surface area contributed by atoms with E-state index in [1.165, 1.54) is 18.3 Å². The van der Waals surface area contributed by atoms with Gasteiger partial charge in [0.2, 0.25) is 0 Å². The summed E-state index contributed by atoms with van der Waals surface area (Å²) in [5.41, 5.74) is 1.51. The summed E-state index contributed by atoms with van der Waals surface area (Å²) in [5.74, 6) is -1.23. The standard InChI is InChI=1S/C23H18ClNO5/c1-13-8-9-17(29-2)16(11-13)21(26)19-20(18-7-4-10-30-18)25(23(28)22(19)27)15-6-3-5-14(24)12-15/h3-12,20,26H,1-2H3/b21-19-. The Morgan fingerprint density at radius 1 is 1.13 bits per heavy atom. The summed E-state index contributed by atoms with van der Waals surface area (Å²) in [5, 5.41) is 11.6. The second-order valence-corrected chi connectivity index (χ2v) is 7.30. The van der Waals surface area contributed by atoms with Gasteiger partial charge in [0.1, 0.15) is 23.3 Å². The Bertz CT molecular complexity index is 1170. The van der Waals surface area contributed by atoms with E-state index < -0.39 is 17.7 Å². The second-order valence-electron chi connectivity index (χ2n) is 6.87. The molecule has 0 radical (unpaired) electrons. The molecule has 2 aromatic carbocycles. The second kappa shape index (κ2) is 7.72. The van der Waals surface area contributed by atoms with E-state index in [0.717, 1.165) is 5.56 Å². The van der Waals surface area contributed by atoms with Crippen LogP contribution < -0.4 is 9.64 Å². The van der Waals surface area contributed by atoms with E-state index >= 15 is 0 Å². The molecule has 3 aromatic rings. The van der Waals surface area contributed by atoms with Gasteiger partial charge in [-0.05, 0) is 49.4 Å². The predicted octanol–water partition coefficient (Wildman–Crippen LogP) is 4.88. The summed E-state index contributed by atoms with van der Waals surface area (Å²) in [6, 6.07) is 14.2. The fourth-order valence-corrected chi connectivity index (χ4v) is 3.78. The number of hydrogen-bond acceptors (Lipinski definition) is 5. The summed E-state index contributed by atoms with van der Waals surface area (Å²) in [6.07, 6.45) is 1.45. The lowest BCUT2D eigenvalue weighted by Crippen LogP contribution is -2.29. The average molecular weight is 424 g/mol. The lowest BCUT2D eigenvalue weighted by atomic mass is 9.97. The van der Waals surface area contributed by atoms with Crippen LogP contribution in [0.15, 0.2) is 70.9 Å². The first-order valence-corrected chi connectivity index (χ1v) is 9.55. The maximum atomic E-state index is 13.1. The van der Waals surface area contributed by atoms with E-state index in [9.17, 15) is 14.7 Å². The van der Waals surface area contributed by atoms with Gasteiger partial charge in [-0.3, -0.25) is 14.5 Å². The van der Waals surface area contributed by atoms with Crippen LogP contribution in [0.1, 0.15) is 22.9 Å². The number of aliphatic hydroxyl groups excluding tert-OH is 1. The van der Waals surface area contributed by atoms with Crippen LogP contribution in [0.2, 0.25) is 5.02 Å². The summed E-state index contributed by atoms with van der Waals surface area (Å²) < 4.78 is 10.9. The first-order chi connectivity index (χ1) is 14.4. The van der Waals surface area contributed by atoms with Crippen molar-refractivity contribution in [1.29, 1.82) is 0 Å². The highest BCUT2D eigenvalue weighted by molar-refractivity contribution is 6.51. The van der Waals surface area contributed by atoms with E-state index in [4.69, 9.17) is 20.8 Å². The number of furan rings is 1. The lowest BCUT2D eigenvalue weighted by molar-refractivity contribution is -0.132. The number of Topliss-reactive ketones (excluding diaryl/α,β-unsaturated/α-hetero) is 1. The molecule has 1 aliphatic rings. The van der Waals surface area contributed by atoms with Crippen LogP contribution in [-0.4, -0.2) is 23.9 Å². The number of benzene rings is 2. The number of halogens is 1. The molecule has 1 amide bonds. The van der Waals surface area contributed by atoms with Crippen LogP contribution in [0.4, 0.5) is 5.69 Å². The first kappa shape index (κ1) is 19.8. The average Bonchev–Trinajstić information content (AvgIpc) is 3.34. The predicted molar refractivity (Wildman–Crippen MR) is 113 cm³/mol. The van der Waals surface area contributed by atoms with Crippen molar-refractivity contribution < 1.29 is 23.8 Å². The Balaban J connectivity index is 1.97. The molecular weight excluding hydrogens is 406 g/mol. The zero-order chi connectivity index (χ0) is 21.4. The number of hydrogen-bond donors (Lipinski definition) is 1. The van der Waals surface area contributed by atoms with E-state index in [-0.39, 0.29) is 11.3 Å². The Hall–Kier alpha value is -3.51. The van der Waals surface area contributed by atoms with Crippen LogP contribution in [0.5, 0.6) is 5.75 Å². The normalized spacial score (nSPS) is 18.1. The first-order valence-electron chi connectivity index (χ1n) is 9.17. The van der Waals surface area contributed by atoms with Crippen LogP contribution >= 0.6 is 11.6 Å². The number of rotatable bonds is 4. The highest BCUT2D eigenvalue weighted by Crippen LogP contribution is 2.43. The van der Waals surface area contributed by atoms with E-state index in [1.54, 1.807) is 48.5 Å². The quantitative estimate of drug-likeness (QED) is 0.367. The topological polar surface area (TPSA) is 80.0 Å². The zero-order valence-electron chi connectivity index (χ0n) is 16.3. The molecule has 1 fully saturated rings. The molecule has 0 bridgehead atoms. The van der Waals surface area contributed by atoms with Crippen LogP contribution in [0, 0.1) is 6.92 Å². The van der Waals surface area contributed by atoms with E-state index in [1.807, 2.05) is 13.0 Å². The highest BCUT2D eigenvalue weighted by atomic mass is 35.5. The number of amides is 1. The van der Waals surface area contributed by atoms with Crippen molar-refractivity contribution in [3.63, 3.8) is 0 Å². The minimum Gasteiger partial charge on any atom is -0.507 e. The molecule has 152 valence electrons. The Kier molecular flexibility index (Phi) is 5.10. The number of carbonyl (C=O) groups excluding carboxylic acids is 2. The molecule has 1 aliphatic heterocycles. The number of nitrogens with zero attached hydrogens (tertiary/aromatic N) is 1. The number of anilines is 1. The van der Waals surface area contributed by atoms with Gasteiger partial charge in [0, 0.05) is 10.7 Å². The molecule has 7 heteroatoms. The monoisotopic (exact) mass is 423 g/mol. The van der Waals surface area contributed by atoms with Crippen molar-refractivity contribution in [3.8, 4) is 5.75 Å².